The molecule has 0 saturated carbocycles. The van der Waals surface area contributed by atoms with Gasteiger partial charge in [-0.25, -0.2) is 4.39 Å². The Bertz CT molecular complexity index is 588. The lowest BCUT2D eigenvalue weighted by molar-refractivity contribution is 0.406. The third-order valence-corrected chi connectivity index (χ3v) is 3.68. The van der Waals surface area contributed by atoms with Crippen LogP contribution in [0, 0.1) is 5.82 Å². The standard InChI is InChI=1S/C16H17BrFNO/c1-11(12-4-3-5-15(18)9-12)19-10-13-8-14(17)6-7-16(13)20-2/h3-9,11,19H,10H2,1-2H3/t11-/m0/s1. The molecular formula is C16H17BrFNO. The Kier molecular flexibility index (Phi) is 5.15. The van der Waals surface area contributed by atoms with Crippen molar-refractivity contribution in [2.45, 2.75) is 19.5 Å². The SMILES string of the molecule is COc1ccc(Br)cc1CN[C@@H](C)c1cccc(F)c1. The van der Waals surface area contributed by atoms with Crippen LogP contribution in [-0.4, -0.2) is 7.11 Å². The summed E-state index contributed by atoms with van der Waals surface area (Å²) in [7, 11) is 1.66. The highest BCUT2D eigenvalue weighted by molar-refractivity contribution is 9.10. The summed E-state index contributed by atoms with van der Waals surface area (Å²) in [6.07, 6.45) is 0. The third kappa shape index (κ3) is 3.81. The highest BCUT2D eigenvalue weighted by atomic mass is 79.9. The number of hydrogen-bond donors (Lipinski definition) is 1. The molecule has 1 atom stereocenters. The van der Waals surface area contributed by atoms with Crippen molar-refractivity contribution < 1.29 is 9.13 Å². The predicted octanol–water partition coefficient (Wildman–Crippen LogP) is 4.45. The zero-order valence-corrected chi connectivity index (χ0v) is 13.1. The Morgan fingerprint density at radius 2 is 2.05 bits per heavy atom. The van der Waals surface area contributed by atoms with Crippen molar-refractivity contribution >= 4 is 15.9 Å². The lowest BCUT2D eigenvalue weighted by atomic mass is 10.1. The Morgan fingerprint density at radius 1 is 1.25 bits per heavy atom. The van der Waals surface area contributed by atoms with Gasteiger partial charge in [-0.1, -0.05) is 28.1 Å². The lowest BCUT2D eigenvalue weighted by Gasteiger charge is -2.16. The van der Waals surface area contributed by atoms with Crippen LogP contribution in [0.25, 0.3) is 0 Å². The molecule has 0 amide bonds. The topological polar surface area (TPSA) is 21.3 Å². The largest absolute Gasteiger partial charge is 0.496 e. The third-order valence-electron chi connectivity index (χ3n) is 3.19. The van der Waals surface area contributed by atoms with Crippen LogP contribution in [0.2, 0.25) is 0 Å². The van der Waals surface area contributed by atoms with Crippen molar-refractivity contribution in [1.82, 2.24) is 5.32 Å². The van der Waals surface area contributed by atoms with Crippen LogP contribution < -0.4 is 10.1 Å². The van der Waals surface area contributed by atoms with Gasteiger partial charge in [-0.3, -0.25) is 0 Å². The molecule has 0 unspecified atom stereocenters. The molecule has 2 rings (SSSR count). The molecule has 2 aromatic rings. The van der Waals surface area contributed by atoms with E-state index < -0.39 is 0 Å². The molecule has 0 aromatic heterocycles. The second-order valence-electron chi connectivity index (χ2n) is 4.61. The summed E-state index contributed by atoms with van der Waals surface area (Å²) >= 11 is 3.45. The molecule has 4 heteroatoms. The summed E-state index contributed by atoms with van der Waals surface area (Å²) in [4.78, 5) is 0. The zero-order chi connectivity index (χ0) is 14.5. The van der Waals surface area contributed by atoms with Gasteiger partial charge < -0.3 is 10.1 Å². The predicted molar refractivity (Wildman–Crippen MR) is 82.3 cm³/mol. The number of benzene rings is 2. The van der Waals surface area contributed by atoms with Crippen LogP contribution in [0.3, 0.4) is 0 Å². The fourth-order valence-electron chi connectivity index (χ4n) is 2.04. The van der Waals surface area contributed by atoms with E-state index in [2.05, 4.69) is 21.2 Å². The van der Waals surface area contributed by atoms with Gasteiger partial charge in [-0.05, 0) is 42.8 Å². The van der Waals surface area contributed by atoms with Crippen LogP contribution >= 0.6 is 15.9 Å². The van der Waals surface area contributed by atoms with Gasteiger partial charge in [0.05, 0.1) is 7.11 Å². The van der Waals surface area contributed by atoms with Gasteiger partial charge in [0, 0.05) is 22.6 Å². The first-order chi connectivity index (χ1) is 9.60. The second-order valence-corrected chi connectivity index (χ2v) is 5.53. The maximum absolute atomic E-state index is 13.2. The normalized spacial score (nSPS) is 12.2. The molecule has 0 aliphatic rings. The summed E-state index contributed by atoms with van der Waals surface area (Å²) in [6.45, 7) is 2.67. The van der Waals surface area contributed by atoms with Crippen molar-refractivity contribution in [2.24, 2.45) is 0 Å². The minimum absolute atomic E-state index is 0.0642. The van der Waals surface area contributed by atoms with Gasteiger partial charge >= 0.3 is 0 Å². The van der Waals surface area contributed by atoms with E-state index in [-0.39, 0.29) is 11.9 Å². The molecule has 0 aliphatic carbocycles. The molecule has 0 aliphatic heterocycles. The van der Waals surface area contributed by atoms with Crippen molar-refractivity contribution in [3.05, 3.63) is 63.9 Å². The summed E-state index contributed by atoms with van der Waals surface area (Å²) in [5.74, 6) is 0.628. The van der Waals surface area contributed by atoms with E-state index in [1.54, 1.807) is 19.2 Å². The highest BCUT2D eigenvalue weighted by Gasteiger charge is 2.08. The van der Waals surface area contributed by atoms with E-state index in [0.29, 0.717) is 6.54 Å². The number of halogens is 2. The summed E-state index contributed by atoms with van der Waals surface area (Å²) in [5.41, 5.74) is 1.99. The van der Waals surface area contributed by atoms with Crippen LogP contribution in [-0.2, 0) is 6.54 Å². The molecular weight excluding hydrogens is 321 g/mol. The molecule has 0 radical (unpaired) electrons. The first-order valence-corrected chi connectivity index (χ1v) is 7.20. The summed E-state index contributed by atoms with van der Waals surface area (Å²) < 4.78 is 19.6. The molecule has 0 heterocycles. The Morgan fingerprint density at radius 3 is 2.75 bits per heavy atom. The second kappa shape index (κ2) is 6.86. The molecule has 1 N–H and O–H groups in total. The molecule has 2 aromatic carbocycles. The van der Waals surface area contributed by atoms with Gasteiger partial charge in [0.2, 0.25) is 0 Å². The van der Waals surface area contributed by atoms with Crippen molar-refractivity contribution in [1.29, 1.82) is 0 Å². The first kappa shape index (κ1) is 15.0. The average molecular weight is 338 g/mol. The van der Waals surface area contributed by atoms with E-state index in [9.17, 15) is 4.39 Å². The molecule has 0 spiro atoms. The van der Waals surface area contributed by atoms with Gasteiger partial charge in [-0.15, -0.1) is 0 Å². The van der Waals surface area contributed by atoms with E-state index in [1.165, 1.54) is 6.07 Å². The molecule has 0 bridgehead atoms. The smallest absolute Gasteiger partial charge is 0.123 e. The van der Waals surface area contributed by atoms with E-state index >= 15 is 0 Å². The van der Waals surface area contributed by atoms with Gasteiger partial charge in [0.1, 0.15) is 11.6 Å². The molecule has 20 heavy (non-hydrogen) atoms. The number of methoxy groups -OCH3 is 1. The van der Waals surface area contributed by atoms with Gasteiger partial charge in [0.25, 0.3) is 0 Å². The number of rotatable bonds is 5. The average Bonchev–Trinajstić information content (AvgIpc) is 2.45. The first-order valence-electron chi connectivity index (χ1n) is 6.41. The van der Waals surface area contributed by atoms with Crippen molar-refractivity contribution in [3.63, 3.8) is 0 Å². The monoisotopic (exact) mass is 337 g/mol. The maximum Gasteiger partial charge on any atom is 0.123 e. The Labute approximate surface area is 127 Å². The van der Waals surface area contributed by atoms with Crippen molar-refractivity contribution in [2.75, 3.05) is 7.11 Å². The van der Waals surface area contributed by atoms with Crippen LogP contribution in [0.4, 0.5) is 4.39 Å². The van der Waals surface area contributed by atoms with Crippen molar-refractivity contribution in [3.8, 4) is 5.75 Å². The number of hydrogen-bond acceptors (Lipinski definition) is 2. The Balaban J connectivity index is 2.06. The number of ether oxygens (including phenoxy) is 1. The fourth-order valence-corrected chi connectivity index (χ4v) is 2.45. The molecule has 0 saturated heterocycles. The van der Waals surface area contributed by atoms with Crippen LogP contribution in [0.1, 0.15) is 24.1 Å². The van der Waals surface area contributed by atoms with Gasteiger partial charge in [-0.2, -0.15) is 0 Å². The zero-order valence-electron chi connectivity index (χ0n) is 11.5. The fraction of sp³-hybridized carbons (Fsp3) is 0.250. The number of nitrogens with one attached hydrogen (secondary N) is 1. The van der Waals surface area contributed by atoms with E-state index in [1.807, 2.05) is 31.2 Å². The lowest BCUT2D eigenvalue weighted by Crippen LogP contribution is -2.18. The summed E-state index contributed by atoms with van der Waals surface area (Å²) in [5, 5.41) is 3.38. The van der Waals surface area contributed by atoms with Gasteiger partial charge in [0.15, 0.2) is 0 Å². The molecule has 106 valence electrons. The molecule has 2 nitrogen and oxygen atoms in total. The Hall–Kier alpha value is -1.39. The maximum atomic E-state index is 13.2. The van der Waals surface area contributed by atoms with E-state index in [0.717, 1.165) is 21.3 Å². The quantitative estimate of drug-likeness (QED) is 0.870. The summed E-state index contributed by atoms with van der Waals surface area (Å²) in [6, 6.07) is 12.6. The molecule has 0 fully saturated rings. The van der Waals surface area contributed by atoms with E-state index in [4.69, 9.17) is 4.74 Å². The van der Waals surface area contributed by atoms with Crippen LogP contribution in [0.5, 0.6) is 5.75 Å². The minimum Gasteiger partial charge on any atom is -0.496 e. The van der Waals surface area contributed by atoms with Crippen LogP contribution in [0.15, 0.2) is 46.9 Å². The highest BCUT2D eigenvalue weighted by Crippen LogP contribution is 2.24. The minimum atomic E-state index is -0.212.